The van der Waals surface area contributed by atoms with Gasteiger partial charge in [-0.05, 0) is 65.2 Å². The maximum Gasteiger partial charge on any atom is 0.411 e. The van der Waals surface area contributed by atoms with E-state index >= 15 is 0 Å². The fourth-order valence-electron chi connectivity index (χ4n) is 4.59. The summed E-state index contributed by atoms with van der Waals surface area (Å²) in [7, 11) is 0. The van der Waals surface area contributed by atoms with Crippen molar-refractivity contribution in [2.75, 3.05) is 6.54 Å². The molecule has 7 nitrogen and oxygen atoms in total. The molecule has 0 aromatic heterocycles. The van der Waals surface area contributed by atoms with Crippen LogP contribution < -0.4 is 0 Å². The Hall–Kier alpha value is -1.81. The Bertz CT molecular complexity index is 609. The Morgan fingerprint density at radius 2 is 1.92 bits per heavy atom. The van der Waals surface area contributed by atoms with Crippen LogP contribution in [-0.4, -0.2) is 63.3 Å². The molecule has 0 aromatic carbocycles. The van der Waals surface area contributed by atoms with Gasteiger partial charge in [-0.2, -0.15) is 5.26 Å². The van der Waals surface area contributed by atoms with Crippen LogP contribution in [0.5, 0.6) is 0 Å². The number of fused-ring (bicyclic) bond motifs is 1. The summed E-state index contributed by atoms with van der Waals surface area (Å²) >= 11 is 0. The molecule has 0 unspecified atom stereocenters. The predicted octanol–water partition coefficient (Wildman–Crippen LogP) is 2.04. The Morgan fingerprint density at radius 3 is 2.58 bits per heavy atom. The minimum Gasteiger partial charge on any atom is -0.444 e. The predicted molar refractivity (Wildman–Crippen MR) is 94.0 cm³/mol. The van der Waals surface area contributed by atoms with Gasteiger partial charge < -0.3 is 14.7 Å². The number of carbonyl (C=O) groups excluding carboxylic acids is 2. The highest BCUT2D eigenvalue weighted by molar-refractivity contribution is 5.87. The Morgan fingerprint density at radius 1 is 1.19 bits per heavy atom. The van der Waals surface area contributed by atoms with Gasteiger partial charge in [0.05, 0.1) is 12.2 Å². The van der Waals surface area contributed by atoms with Crippen molar-refractivity contribution < 1.29 is 19.4 Å². The zero-order valence-electron chi connectivity index (χ0n) is 15.9. The Kier molecular flexibility index (Phi) is 5.16. The first-order chi connectivity index (χ1) is 12.2. The molecule has 3 fully saturated rings. The second kappa shape index (κ2) is 7.07. The third-order valence-corrected chi connectivity index (χ3v) is 5.72. The van der Waals surface area contributed by atoms with Crippen molar-refractivity contribution >= 4 is 12.0 Å². The smallest absolute Gasteiger partial charge is 0.411 e. The molecular weight excluding hydrogens is 334 g/mol. The summed E-state index contributed by atoms with van der Waals surface area (Å²) in [5.74, 6) is 0.0480. The highest BCUT2D eigenvalue weighted by atomic mass is 16.6. The highest BCUT2D eigenvalue weighted by Gasteiger charge is 2.51. The fraction of sp³-hybridized carbons (Fsp3) is 0.842. The lowest BCUT2D eigenvalue weighted by Gasteiger charge is -2.37. The van der Waals surface area contributed by atoms with Gasteiger partial charge in [0.2, 0.25) is 5.91 Å². The Balaban J connectivity index is 1.85. The number of nitrogens with zero attached hydrogens (tertiary/aromatic N) is 3. The summed E-state index contributed by atoms with van der Waals surface area (Å²) in [5.41, 5.74) is -0.654. The quantitative estimate of drug-likeness (QED) is 0.769. The first-order valence-corrected chi connectivity index (χ1v) is 9.60. The summed E-state index contributed by atoms with van der Waals surface area (Å²) < 4.78 is 5.57. The van der Waals surface area contributed by atoms with Crippen LogP contribution in [0.15, 0.2) is 0 Å². The molecule has 0 aromatic rings. The number of aliphatic hydroxyl groups is 1. The largest absolute Gasteiger partial charge is 0.444 e. The highest BCUT2D eigenvalue weighted by Crippen LogP contribution is 2.41. The summed E-state index contributed by atoms with van der Waals surface area (Å²) in [6, 6.07) is 1.02. The monoisotopic (exact) mass is 363 g/mol. The molecule has 1 saturated carbocycles. The lowest BCUT2D eigenvalue weighted by Crippen LogP contribution is -2.53. The first-order valence-electron chi connectivity index (χ1n) is 9.60. The Labute approximate surface area is 154 Å². The van der Waals surface area contributed by atoms with E-state index in [0.29, 0.717) is 32.2 Å². The van der Waals surface area contributed by atoms with Gasteiger partial charge in [0, 0.05) is 12.6 Å². The van der Waals surface area contributed by atoms with Crippen molar-refractivity contribution in [2.45, 2.75) is 89.1 Å². The molecule has 2 amide bonds. The van der Waals surface area contributed by atoms with Crippen molar-refractivity contribution in [3.63, 3.8) is 0 Å². The molecule has 2 aliphatic heterocycles. The maximum atomic E-state index is 13.2. The molecule has 0 radical (unpaired) electrons. The van der Waals surface area contributed by atoms with Gasteiger partial charge in [-0.15, -0.1) is 0 Å². The van der Waals surface area contributed by atoms with Crippen LogP contribution >= 0.6 is 0 Å². The van der Waals surface area contributed by atoms with E-state index in [9.17, 15) is 20.0 Å². The number of hydrogen-bond donors (Lipinski definition) is 1. The molecule has 0 spiro atoms. The summed E-state index contributed by atoms with van der Waals surface area (Å²) in [5, 5.41) is 19.4. The summed E-state index contributed by atoms with van der Waals surface area (Å²) in [6.45, 7) is 5.97. The van der Waals surface area contributed by atoms with Crippen LogP contribution in [0.4, 0.5) is 4.79 Å². The molecular formula is C19H29N3O4. The molecule has 2 saturated heterocycles. The van der Waals surface area contributed by atoms with E-state index < -0.39 is 29.9 Å². The molecule has 0 bridgehead atoms. The second-order valence-corrected chi connectivity index (χ2v) is 8.75. The number of hydrogen-bond acceptors (Lipinski definition) is 5. The molecule has 26 heavy (non-hydrogen) atoms. The molecule has 1 N–H and O–H groups in total. The first kappa shape index (κ1) is 19.0. The number of carbonyl (C=O) groups is 2. The van der Waals surface area contributed by atoms with E-state index in [2.05, 4.69) is 6.07 Å². The molecule has 3 aliphatic rings. The molecule has 1 aliphatic carbocycles. The van der Waals surface area contributed by atoms with Crippen molar-refractivity contribution in [1.29, 1.82) is 5.26 Å². The van der Waals surface area contributed by atoms with E-state index in [-0.39, 0.29) is 17.9 Å². The van der Waals surface area contributed by atoms with Crippen LogP contribution in [0.25, 0.3) is 0 Å². The summed E-state index contributed by atoms with van der Waals surface area (Å²) in [6.07, 6.45) is 3.13. The number of likely N-dealkylation sites (tertiary alicyclic amines) is 2. The van der Waals surface area contributed by atoms with Crippen molar-refractivity contribution in [2.24, 2.45) is 5.92 Å². The van der Waals surface area contributed by atoms with Crippen LogP contribution in [0.3, 0.4) is 0 Å². The second-order valence-electron chi connectivity index (χ2n) is 8.75. The fourth-order valence-corrected chi connectivity index (χ4v) is 4.59. The minimum atomic E-state index is -0.654. The molecule has 3 rings (SSSR count). The standard InChI is InChI=1S/C19H29N3O4/c1-19(2,3)26-18(25)22-15-10-14(23)7-6-12(15)9-16(22)17(24)21-8-4-5-13(21)11-20/h12-16,23H,4-10H2,1-3H3/t12-,13-,14-,15-,16-/m0/s1. The van der Waals surface area contributed by atoms with Gasteiger partial charge >= 0.3 is 6.09 Å². The van der Waals surface area contributed by atoms with Gasteiger partial charge in [0.15, 0.2) is 0 Å². The third kappa shape index (κ3) is 3.66. The number of rotatable bonds is 1. The number of aliphatic hydroxyl groups excluding tert-OH is 1. The van der Waals surface area contributed by atoms with Crippen molar-refractivity contribution in [1.82, 2.24) is 9.80 Å². The topological polar surface area (TPSA) is 93.9 Å². The zero-order chi connectivity index (χ0) is 19.1. The maximum absolute atomic E-state index is 13.2. The normalized spacial score (nSPS) is 34.3. The van der Waals surface area contributed by atoms with Crippen LogP contribution in [-0.2, 0) is 9.53 Å². The van der Waals surface area contributed by atoms with Crippen molar-refractivity contribution in [3.8, 4) is 6.07 Å². The van der Waals surface area contributed by atoms with E-state index in [1.807, 2.05) is 0 Å². The molecule has 7 heteroatoms. The van der Waals surface area contributed by atoms with E-state index in [1.165, 1.54) is 0 Å². The van der Waals surface area contributed by atoms with Gasteiger partial charge in [-0.3, -0.25) is 9.69 Å². The van der Waals surface area contributed by atoms with E-state index in [1.54, 1.807) is 30.6 Å². The van der Waals surface area contributed by atoms with Gasteiger partial charge in [0.25, 0.3) is 0 Å². The van der Waals surface area contributed by atoms with E-state index in [4.69, 9.17) is 4.74 Å². The van der Waals surface area contributed by atoms with Crippen LogP contribution in [0, 0.1) is 17.2 Å². The SMILES string of the molecule is CC(C)(C)OC(=O)N1[C@H](C(=O)N2CCC[C@H]2C#N)C[C@@H]2CC[C@H](O)C[C@@H]21. The van der Waals surface area contributed by atoms with Gasteiger partial charge in [-0.25, -0.2) is 4.79 Å². The van der Waals surface area contributed by atoms with Crippen molar-refractivity contribution in [3.05, 3.63) is 0 Å². The molecule has 5 atom stereocenters. The lowest BCUT2D eigenvalue weighted by atomic mass is 9.83. The average molecular weight is 363 g/mol. The van der Waals surface area contributed by atoms with Gasteiger partial charge in [-0.1, -0.05) is 0 Å². The third-order valence-electron chi connectivity index (χ3n) is 5.72. The summed E-state index contributed by atoms with van der Waals surface area (Å²) in [4.78, 5) is 29.3. The zero-order valence-corrected chi connectivity index (χ0v) is 15.9. The molecule has 2 heterocycles. The van der Waals surface area contributed by atoms with Gasteiger partial charge in [0.1, 0.15) is 17.7 Å². The minimum absolute atomic E-state index is 0.149. The lowest BCUT2D eigenvalue weighted by molar-refractivity contribution is -0.136. The number of nitriles is 1. The van der Waals surface area contributed by atoms with E-state index in [0.717, 1.165) is 12.8 Å². The number of amides is 2. The van der Waals surface area contributed by atoms with Crippen LogP contribution in [0.2, 0.25) is 0 Å². The van der Waals surface area contributed by atoms with Crippen LogP contribution in [0.1, 0.15) is 59.3 Å². The number of ether oxygens (including phenoxy) is 1. The average Bonchev–Trinajstić information content (AvgIpc) is 3.16. The molecule has 144 valence electrons.